The Bertz CT molecular complexity index is 387. The van der Waals surface area contributed by atoms with Gasteiger partial charge in [-0.25, -0.2) is 0 Å². The van der Waals surface area contributed by atoms with E-state index in [-0.39, 0.29) is 0 Å². The lowest BCUT2D eigenvalue weighted by molar-refractivity contribution is 0.956. The Kier molecular flexibility index (Phi) is 3.26. The van der Waals surface area contributed by atoms with Gasteiger partial charge in [-0.1, -0.05) is 22.0 Å². The second-order valence-electron chi connectivity index (χ2n) is 3.52. The number of anilines is 1. The fourth-order valence-corrected chi connectivity index (χ4v) is 1.91. The number of halogens is 1. The molecule has 2 rings (SSSR count). The van der Waals surface area contributed by atoms with Gasteiger partial charge in [0.15, 0.2) is 0 Å². The molecule has 0 atom stereocenters. The van der Waals surface area contributed by atoms with Crippen molar-refractivity contribution in [3.63, 3.8) is 0 Å². The summed E-state index contributed by atoms with van der Waals surface area (Å²) in [6.45, 7) is 4.73. The van der Waals surface area contributed by atoms with Crippen molar-refractivity contribution in [1.82, 2.24) is 5.32 Å². The number of hydrogen-bond donors (Lipinski definition) is 2. The van der Waals surface area contributed by atoms with E-state index in [0.29, 0.717) is 0 Å². The molecule has 0 bridgehead atoms. The summed E-state index contributed by atoms with van der Waals surface area (Å²) in [7, 11) is 0. The normalized spacial score (nSPS) is 14.7. The third-order valence-corrected chi connectivity index (χ3v) is 3.32. The summed E-state index contributed by atoms with van der Waals surface area (Å²) in [5.41, 5.74) is 2.39. The van der Waals surface area contributed by atoms with E-state index in [4.69, 9.17) is 0 Å². The lowest BCUT2D eigenvalue weighted by Gasteiger charge is -2.10. The SMILES string of the molecule is Cc1c(Br)cccc1NCC1=NCCN1. The minimum absolute atomic E-state index is 0.775. The molecule has 3 nitrogen and oxygen atoms in total. The zero-order chi connectivity index (χ0) is 10.7. The van der Waals surface area contributed by atoms with E-state index >= 15 is 0 Å². The van der Waals surface area contributed by atoms with Crippen LogP contribution in [0, 0.1) is 6.92 Å². The second kappa shape index (κ2) is 4.66. The molecule has 1 aliphatic heterocycles. The summed E-state index contributed by atoms with van der Waals surface area (Å²) in [4.78, 5) is 4.33. The molecule has 0 spiro atoms. The maximum atomic E-state index is 4.33. The Morgan fingerprint density at radius 1 is 1.53 bits per heavy atom. The molecule has 0 aliphatic carbocycles. The molecule has 0 amide bonds. The topological polar surface area (TPSA) is 36.4 Å². The summed E-state index contributed by atoms with van der Waals surface area (Å²) in [6, 6.07) is 6.16. The Morgan fingerprint density at radius 3 is 3.13 bits per heavy atom. The molecule has 0 saturated heterocycles. The highest BCUT2D eigenvalue weighted by Crippen LogP contribution is 2.23. The number of nitrogens with one attached hydrogen (secondary N) is 2. The molecule has 0 radical (unpaired) electrons. The standard InChI is InChI=1S/C11H14BrN3/c1-8-9(12)3-2-4-10(8)15-7-11-13-5-6-14-11/h2-4,15H,5-7H2,1H3,(H,13,14). The van der Waals surface area contributed by atoms with Crippen molar-refractivity contribution >= 4 is 27.5 Å². The molecule has 1 aromatic carbocycles. The third kappa shape index (κ3) is 2.50. The third-order valence-electron chi connectivity index (χ3n) is 2.46. The Hall–Kier alpha value is -1.03. The first-order valence-corrected chi connectivity index (χ1v) is 5.83. The van der Waals surface area contributed by atoms with Crippen LogP contribution in [0.3, 0.4) is 0 Å². The van der Waals surface area contributed by atoms with Gasteiger partial charge in [-0.3, -0.25) is 4.99 Å². The van der Waals surface area contributed by atoms with E-state index < -0.39 is 0 Å². The van der Waals surface area contributed by atoms with Crippen LogP contribution in [0.4, 0.5) is 5.69 Å². The molecule has 1 heterocycles. The Labute approximate surface area is 98.1 Å². The second-order valence-corrected chi connectivity index (χ2v) is 4.38. The van der Waals surface area contributed by atoms with Crippen molar-refractivity contribution in [2.24, 2.45) is 4.99 Å². The molecule has 0 fully saturated rings. The highest BCUT2D eigenvalue weighted by Gasteiger charge is 2.05. The van der Waals surface area contributed by atoms with Gasteiger partial charge in [0.25, 0.3) is 0 Å². The van der Waals surface area contributed by atoms with Crippen molar-refractivity contribution in [1.29, 1.82) is 0 Å². The molecular formula is C11H14BrN3. The van der Waals surface area contributed by atoms with Gasteiger partial charge in [0.05, 0.1) is 13.1 Å². The molecule has 0 aromatic heterocycles. The van der Waals surface area contributed by atoms with E-state index in [9.17, 15) is 0 Å². The summed E-state index contributed by atoms with van der Waals surface area (Å²) in [5.74, 6) is 1.05. The lowest BCUT2D eigenvalue weighted by Crippen LogP contribution is -2.26. The van der Waals surface area contributed by atoms with Gasteiger partial charge < -0.3 is 10.6 Å². The lowest BCUT2D eigenvalue weighted by atomic mass is 10.2. The average Bonchev–Trinajstić information content (AvgIpc) is 2.73. The predicted octanol–water partition coefficient (Wildman–Crippen LogP) is 2.17. The summed E-state index contributed by atoms with van der Waals surface area (Å²) < 4.78 is 1.13. The van der Waals surface area contributed by atoms with Crippen molar-refractivity contribution < 1.29 is 0 Å². The van der Waals surface area contributed by atoms with Crippen LogP contribution >= 0.6 is 15.9 Å². The number of amidine groups is 1. The summed E-state index contributed by atoms with van der Waals surface area (Å²) >= 11 is 3.51. The van der Waals surface area contributed by atoms with Gasteiger partial charge in [0.2, 0.25) is 0 Å². The van der Waals surface area contributed by atoms with Crippen LogP contribution in [-0.4, -0.2) is 25.5 Å². The molecule has 2 N–H and O–H groups in total. The fraction of sp³-hybridized carbons (Fsp3) is 0.364. The first-order chi connectivity index (χ1) is 7.27. The van der Waals surface area contributed by atoms with Gasteiger partial charge >= 0.3 is 0 Å². The van der Waals surface area contributed by atoms with Gasteiger partial charge in [0.1, 0.15) is 5.84 Å². The first-order valence-electron chi connectivity index (χ1n) is 5.03. The van der Waals surface area contributed by atoms with Crippen LogP contribution in [0.5, 0.6) is 0 Å². The van der Waals surface area contributed by atoms with Crippen LogP contribution in [0.15, 0.2) is 27.7 Å². The van der Waals surface area contributed by atoms with Crippen molar-refractivity contribution in [3.05, 3.63) is 28.2 Å². The molecular weight excluding hydrogens is 254 g/mol. The smallest absolute Gasteiger partial charge is 0.116 e. The van der Waals surface area contributed by atoms with Crippen LogP contribution in [-0.2, 0) is 0 Å². The number of nitrogens with zero attached hydrogens (tertiary/aromatic N) is 1. The van der Waals surface area contributed by atoms with Gasteiger partial charge in [-0.05, 0) is 24.6 Å². The van der Waals surface area contributed by atoms with Crippen molar-refractivity contribution in [2.45, 2.75) is 6.92 Å². The maximum Gasteiger partial charge on any atom is 0.116 e. The zero-order valence-corrected chi connectivity index (χ0v) is 10.3. The predicted molar refractivity (Wildman–Crippen MR) is 67.7 cm³/mol. The number of benzene rings is 1. The quantitative estimate of drug-likeness (QED) is 0.881. The number of rotatable bonds is 3. The van der Waals surface area contributed by atoms with Crippen molar-refractivity contribution in [2.75, 3.05) is 25.0 Å². The maximum absolute atomic E-state index is 4.33. The minimum atomic E-state index is 0.775. The minimum Gasteiger partial charge on any atom is -0.378 e. The molecule has 1 aliphatic rings. The number of hydrogen-bond acceptors (Lipinski definition) is 3. The van der Waals surface area contributed by atoms with E-state index in [1.807, 2.05) is 12.1 Å². The van der Waals surface area contributed by atoms with Crippen molar-refractivity contribution in [3.8, 4) is 0 Å². The first kappa shape index (κ1) is 10.5. The molecule has 0 saturated carbocycles. The van der Waals surface area contributed by atoms with E-state index in [0.717, 1.165) is 35.6 Å². The van der Waals surface area contributed by atoms with Crippen LogP contribution in [0.1, 0.15) is 5.56 Å². The Balaban J connectivity index is 2.01. The van der Waals surface area contributed by atoms with Gasteiger partial charge in [0, 0.05) is 16.7 Å². The molecule has 4 heteroatoms. The largest absolute Gasteiger partial charge is 0.378 e. The van der Waals surface area contributed by atoms with Crippen LogP contribution < -0.4 is 10.6 Å². The average molecular weight is 268 g/mol. The Morgan fingerprint density at radius 2 is 2.40 bits per heavy atom. The van der Waals surface area contributed by atoms with Crippen LogP contribution in [0.25, 0.3) is 0 Å². The fourth-order valence-electron chi connectivity index (χ4n) is 1.54. The summed E-state index contributed by atoms with van der Waals surface area (Å²) in [6.07, 6.45) is 0. The van der Waals surface area contributed by atoms with E-state index in [1.165, 1.54) is 5.56 Å². The molecule has 0 unspecified atom stereocenters. The molecule has 15 heavy (non-hydrogen) atoms. The molecule has 1 aromatic rings. The number of aliphatic imine (C=N–C) groups is 1. The van der Waals surface area contributed by atoms with E-state index in [2.05, 4.69) is 44.5 Å². The van der Waals surface area contributed by atoms with Gasteiger partial charge in [-0.15, -0.1) is 0 Å². The van der Waals surface area contributed by atoms with Gasteiger partial charge in [-0.2, -0.15) is 0 Å². The van der Waals surface area contributed by atoms with Crippen LogP contribution in [0.2, 0.25) is 0 Å². The monoisotopic (exact) mass is 267 g/mol. The molecule has 80 valence electrons. The highest BCUT2D eigenvalue weighted by molar-refractivity contribution is 9.10. The summed E-state index contributed by atoms with van der Waals surface area (Å²) in [5, 5.41) is 6.61. The van der Waals surface area contributed by atoms with E-state index in [1.54, 1.807) is 0 Å². The zero-order valence-electron chi connectivity index (χ0n) is 8.68. The highest BCUT2D eigenvalue weighted by atomic mass is 79.9.